The Balaban J connectivity index is 1.76. The lowest BCUT2D eigenvalue weighted by Crippen LogP contribution is -2.30. The molecule has 0 unspecified atom stereocenters. The summed E-state index contributed by atoms with van der Waals surface area (Å²) in [6.07, 6.45) is 0. The van der Waals surface area contributed by atoms with Crippen LogP contribution in [0.15, 0.2) is 75.1 Å². The third-order valence-electron chi connectivity index (χ3n) is 5.86. The van der Waals surface area contributed by atoms with Gasteiger partial charge in [0, 0.05) is 30.9 Å². The number of ether oxygens (including phenoxy) is 2. The van der Waals surface area contributed by atoms with Crippen molar-refractivity contribution in [3.8, 4) is 5.75 Å². The molecule has 0 radical (unpaired) electrons. The number of hydrogen-bond acceptors (Lipinski definition) is 9. The lowest BCUT2D eigenvalue weighted by molar-refractivity contribution is -0.384. The average molecular weight is 533 g/mol. The van der Waals surface area contributed by atoms with Gasteiger partial charge in [-0.2, -0.15) is 5.11 Å². The molecule has 10 heteroatoms. The highest BCUT2D eigenvalue weighted by Crippen LogP contribution is 2.37. The van der Waals surface area contributed by atoms with Gasteiger partial charge in [0.05, 0.1) is 35.6 Å². The molecule has 0 fully saturated rings. The molecule has 0 aliphatic carbocycles. The van der Waals surface area contributed by atoms with Gasteiger partial charge in [-0.15, -0.1) is 15.3 Å². The average Bonchev–Trinajstić information content (AvgIpc) is 2.89. The fourth-order valence-corrected chi connectivity index (χ4v) is 3.76. The second kappa shape index (κ2) is 13.1. The SMILES string of the molecule is CCN(CCOC(C)(C)C)c1ccc(N=Nc2cc(C)c(N=Nc3ccc(C)cc3[N+](=O)[O-])cc2OC)cc1. The Bertz CT molecular complexity index is 1350. The molecule has 0 saturated heterocycles. The van der Waals surface area contributed by atoms with Crippen molar-refractivity contribution in [3.63, 3.8) is 0 Å². The molecule has 206 valence electrons. The predicted molar refractivity (Wildman–Crippen MR) is 154 cm³/mol. The zero-order valence-corrected chi connectivity index (χ0v) is 23.6. The summed E-state index contributed by atoms with van der Waals surface area (Å²) in [6, 6.07) is 16.2. The first-order chi connectivity index (χ1) is 18.5. The molecule has 3 aromatic rings. The second-order valence-corrected chi connectivity index (χ2v) is 10.0. The number of anilines is 1. The van der Waals surface area contributed by atoms with Crippen LogP contribution in [0, 0.1) is 24.0 Å². The van der Waals surface area contributed by atoms with E-state index in [1.807, 2.05) is 31.2 Å². The standard InChI is InChI=1S/C29H36N6O4/c1-8-34(15-16-39-29(4,5)6)23-12-10-22(11-13-23)30-33-26-18-21(3)25(19-28(26)38-7)32-31-24-14-9-20(2)17-27(24)35(36)37/h9-14,17-19H,8,15-16H2,1-7H3. The van der Waals surface area contributed by atoms with E-state index in [1.165, 1.54) is 13.2 Å². The third-order valence-corrected chi connectivity index (χ3v) is 5.86. The highest BCUT2D eigenvalue weighted by atomic mass is 16.6. The lowest BCUT2D eigenvalue weighted by Gasteiger charge is -2.26. The van der Waals surface area contributed by atoms with E-state index in [0.29, 0.717) is 29.4 Å². The summed E-state index contributed by atoms with van der Waals surface area (Å²) >= 11 is 0. The van der Waals surface area contributed by atoms with Crippen LogP contribution >= 0.6 is 0 Å². The first kappa shape index (κ1) is 29.4. The van der Waals surface area contributed by atoms with E-state index in [-0.39, 0.29) is 17.0 Å². The first-order valence-electron chi connectivity index (χ1n) is 12.8. The van der Waals surface area contributed by atoms with Crippen molar-refractivity contribution in [3.05, 3.63) is 75.8 Å². The number of benzene rings is 3. The van der Waals surface area contributed by atoms with Crippen molar-refractivity contribution in [2.45, 2.75) is 47.1 Å². The minimum Gasteiger partial charge on any atom is -0.494 e. The zero-order valence-electron chi connectivity index (χ0n) is 23.6. The molecule has 3 rings (SSSR count). The molecule has 10 nitrogen and oxygen atoms in total. The molecule has 39 heavy (non-hydrogen) atoms. The van der Waals surface area contributed by atoms with Gasteiger partial charge in [-0.1, -0.05) is 6.07 Å². The van der Waals surface area contributed by atoms with Crippen LogP contribution in [-0.4, -0.2) is 37.3 Å². The van der Waals surface area contributed by atoms with E-state index < -0.39 is 4.92 Å². The quantitative estimate of drug-likeness (QED) is 0.139. The number of nitro benzene ring substituents is 1. The van der Waals surface area contributed by atoms with E-state index in [9.17, 15) is 10.1 Å². The Morgan fingerprint density at radius 3 is 2.18 bits per heavy atom. The molecule has 0 atom stereocenters. The summed E-state index contributed by atoms with van der Waals surface area (Å²) in [5.74, 6) is 0.462. The van der Waals surface area contributed by atoms with Crippen LogP contribution in [0.1, 0.15) is 38.8 Å². The van der Waals surface area contributed by atoms with E-state index in [4.69, 9.17) is 9.47 Å². The molecule has 0 aromatic heterocycles. The number of rotatable bonds is 11. The van der Waals surface area contributed by atoms with E-state index >= 15 is 0 Å². The van der Waals surface area contributed by atoms with Crippen LogP contribution in [0.4, 0.5) is 34.1 Å². The summed E-state index contributed by atoms with van der Waals surface area (Å²) < 4.78 is 11.4. The summed E-state index contributed by atoms with van der Waals surface area (Å²) in [4.78, 5) is 13.2. The van der Waals surface area contributed by atoms with Gasteiger partial charge in [-0.3, -0.25) is 10.1 Å². The minimum absolute atomic E-state index is 0.0971. The van der Waals surface area contributed by atoms with Crippen molar-refractivity contribution in [2.75, 3.05) is 31.7 Å². The zero-order chi connectivity index (χ0) is 28.6. The number of nitrogens with zero attached hydrogens (tertiary/aromatic N) is 6. The normalized spacial score (nSPS) is 11.9. The van der Waals surface area contributed by atoms with Crippen molar-refractivity contribution in [2.24, 2.45) is 20.5 Å². The predicted octanol–water partition coefficient (Wildman–Crippen LogP) is 8.69. The van der Waals surface area contributed by atoms with Crippen molar-refractivity contribution >= 4 is 34.1 Å². The number of likely N-dealkylation sites (N-methyl/N-ethyl adjacent to an activating group) is 1. The molecule has 0 heterocycles. The maximum atomic E-state index is 11.4. The Hall–Kier alpha value is -4.18. The molecule has 0 N–H and O–H groups in total. The number of azo groups is 2. The minimum atomic E-state index is -0.466. The van der Waals surface area contributed by atoms with Gasteiger partial charge in [0.25, 0.3) is 5.69 Å². The number of methoxy groups -OCH3 is 1. The summed E-state index contributed by atoms with van der Waals surface area (Å²) in [5.41, 5.74) is 4.31. The highest BCUT2D eigenvalue weighted by Gasteiger charge is 2.15. The van der Waals surface area contributed by atoms with E-state index in [0.717, 1.165) is 29.9 Å². The van der Waals surface area contributed by atoms with Crippen LogP contribution in [0.2, 0.25) is 0 Å². The van der Waals surface area contributed by atoms with Gasteiger partial charge in [-0.05, 0) is 89.1 Å². The van der Waals surface area contributed by atoms with Gasteiger partial charge >= 0.3 is 0 Å². The summed E-state index contributed by atoms with van der Waals surface area (Å²) in [7, 11) is 1.53. The number of aryl methyl sites for hydroxylation is 2. The second-order valence-electron chi connectivity index (χ2n) is 10.0. The Kier molecular flexibility index (Phi) is 9.84. The maximum absolute atomic E-state index is 11.4. The smallest absolute Gasteiger partial charge is 0.296 e. The van der Waals surface area contributed by atoms with Crippen LogP contribution in [0.3, 0.4) is 0 Å². The molecule has 0 aliphatic heterocycles. The number of nitro groups is 1. The fourth-order valence-electron chi connectivity index (χ4n) is 3.76. The van der Waals surface area contributed by atoms with E-state index in [2.05, 4.69) is 53.1 Å². The highest BCUT2D eigenvalue weighted by molar-refractivity contribution is 5.64. The molecule has 0 bridgehead atoms. The van der Waals surface area contributed by atoms with Crippen LogP contribution in [0.25, 0.3) is 0 Å². The van der Waals surface area contributed by atoms with Gasteiger partial charge < -0.3 is 14.4 Å². The van der Waals surface area contributed by atoms with Crippen LogP contribution in [-0.2, 0) is 4.74 Å². The first-order valence-corrected chi connectivity index (χ1v) is 12.8. The van der Waals surface area contributed by atoms with Gasteiger partial charge in [-0.25, -0.2) is 0 Å². The molecule has 3 aromatic carbocycles. The lowest BCUT2D eigenvalue weighted by atomic mass is 10.1. The topological polar surface area (TPSA) is 114 Å². The van der Waals surface area contributed by atoms with Crippen LogP contribution in [0.5, 0.6) is 5.75 Å². The third kappa shape index (κ3) is 8.41. The largest absolute Gasteiger partial charge is 0.494 e. The molecule has 0 saturated carbocycles. The van der Waals surface area contributed by atoms with E-state index in [1.54, 1.807) is 31.2 Å². The monoisotopic (exact) mass is 532 g/mol. The number of hydrogen-bond donors (Lipinski definition) is 0. The molecule has 0 amide bonds. The molecule has 0 aliphatic rings. The fraction of sp³-hybridized carbons (Fsp3) is 0.379. The molecule has 0 spiro atoms. The van der Waals surface area contributed by atoms with Gasteiger partial charge in [0.15, 0.2) is 5.69 Å². The molecular weight excluding hydrogens is 496 g/mol. The van der Waals surface area contributed by atoms with Crippen LogP contribution < -0.4 is 9.64 Å². The van der Waals surface area contributed by atoms with Gasteiger partial charge in [0.2, 0.25) is 0 Å². The summed E-state index contributed by atoms with van der Waals surface area (Å²) in [6.45, 7) is 14.2. The molecular formula is C29H36N6O4. The summed E-state index contributed by atoms with van der Waals surface area (Å²) in [5, 5.41) is 28.5. The Morgan fingerprint density at radius 2 is 1.56 bits per heavy atom. The van der Waals surface area contributed by atoms with Crippen molar-refractivity contribution < 1.29 is 14.4 Å². The maximum Gasteiger partial charge on any atom is 0.296 e. The van der Waals surface area contributed by atoms with Crippen molar-refractivity contribution in [1.29, 1.82) is 0 Å². The Labute approximate surface area is 229 Å². The van der Waals surface area contributed by atoms with Gasteiger partial charge in [0.1, 0.15) is 11.4 Å². The van der Waals surface area contributed by atoms with Crippen molar-refractivity contribution in [1.82, 2.24) is 0 Å². The Morgan fingerprint density at radius 1 is 0.897 bits per heavy atom.